The van der Waals surface area contributed by atoms with E-state index in [4.69, 9.17) is 8.85 Å². The second-order valence-electron chi connectivity index (χ2n) is 8.66. The first-order valence-electron chi connectivity index (χ1n) is 10.3. The lowest BCUT2D eigenvalue weighted by Gasteiger charge is -2.35. The van der Waals surface area contributed by atoms with Crippen molar-refractivity contribution in [2.45, 2.75) is 98.4 Å². The predicted molar refractivity (Wildman–Crippen MR) is 131 cm³/mol. The summed E-state index contributed by atoms with van der Waals surface area (Å²) in [6, 6.07) is 3.62. The zero-order valence-electron chi connectivity index (χ0n) is 18.9. The molecule has 0 N–H and O–H groups in total. The fraction of sp³-hybridized carbons (Fsp3) is 0.810. The van der Waals surface area contributed by atoms with Crippen LogP contribution in [0.1, 0.15) is 48.5 Å². The van der Waals surface area contributed by atoms with Crippen molar-refractivity contribution in [2.75, 3.05) is 0 Å². The van der Waals surface area contributed by atoms with Gasteiger partial charge >= 0.3 is 0 Å². The van der Waals surface area contributed by atoms with Crippen LogP contribution in [0, 0.1) is 11.8 Å². The predicted octanol–water partition coefficient (Wildman–Crippen LogP) is 7.78. The summed E-state index contributed by atoms with van der Waals surface area (Å²) in [5, 5.41) is 0. The summed E-state index contributed by atoms with van der Waals surface area (Å²) in [6.45, 7) is 22.7. The summed E-state index contributed by atoms with van der Waals surface area (Å²) in [6.07, 6.45) is 5.07. The number of hydrogen-bond donors (Lipinski definition) is 0. The monoisotopic (exact) mass is 510 g/mol. The molecular weight excluding hydrogens is 467 g/mol. The van der Waals surface area contributed by atoms with Gasteiger partial charge in [0, 0.05) is 12.0 Å². The highest BCUT2D eigenvalue weighted by Gasteiger charge is 2.32. The SMILES string of the molecule is CC[Si](CC)(CC)O[C@H](C)[C@@H](C)/C=C(\C)[C@H](O[Si](C)(C)C)[C@@H](C)/C=C\I. The Morgan fingerprint density at radius 1 is 0.923 bits per heavy atom. The van der Waals surface area contributed by atoms with Crippen molar-refractivity contribution in [3.05, 3.63) is 21.8 Å². The van der Waals surface area contributed by atoms with E-state index in [-0.39, 0.29) is 12.2 Å². The standard InChI is InChI=1S/C21H43IO2Si2/c1-11-26(12-2,13-3)23-20(7)18(5)16-19(6)21(17(4)14-15-22)24-25(8,9)10/h14-18,20-21H,11-13H2,1-10H3/b15-14-,19-16+/t17-,18-,20+,21+/m0/s1. The average Bonchev–Trinajstić information content (AvgIpc) is 2.56. The molecule has 5 heteroatoms. The molecule has 0 aromatic carbocycles. The van der Waals surface area contributed by atoms with E-state index in [1.165, 1.54) is 23.7 Å². The van der Waals surface area contributed by atoms with Gasteiger partial charge in [-0.2, -0.15) is 0 Å². The smallest absolute Gasteiger partial charge is 0.192 e. The van der Waals surface area contributed by atoms with Crippen LogP contribution in [-0.2, 0) is 8.85 Å². The third-order valence-electron chi connectivity index (χ3n) is 5.42. The van der Waals surface area contributed by atoms with E-state index < -0.39 is 16.6 Å². The van der Waals surface area contributed by atoms with Crippen molar-refractivity contribution in [2.24, 2.45) is 11.8 Å². The van der Waals surface area contributed by atoms with Crippen molar-refractivity contribution in [3.63, 3.8) is 0 Å². The Hall–Kier alpha value is 0.564. The Morgan fingerprint density at radius 2 is 1.42 bits per heavy atom. The van der Waals surface area contributed by atoms with Gasteiger partial charge in [-0.25, -0.2) is 0 Å². The van der Waals surface area contributed by atoms with Gasteiger partial charge in [-0.05, 0) is 67.2 Å². The summed E-state index contributed by atoms with van der Waals surface area (Å²) in [4.78, 5) is 0. The van der Waals surface area contributed by atoms with Crippen molar-refractivity contribution in [1.29, 1.82) is 0 Å². The third-order valence-corrected chi connectivity index (χ3v) is 11.5. The highest BCUT2D eigenvalue weighted by atomic mass is 127. The van der Waals surface area contributed by atoms with Gasteiger partial charge in [0.05, 0.1) is 6.10 Å². The third kappa shape index (κ3) is 9.17. The zero-order chi connectivity index (χ0) is 20.5. The summed E-state index contributed by atoms with van der Waals surface area (Å²) < 4.78 is 15.3. The lowest BCUT2D eigenvalue weighted by atomic mass is 9.94. The molecule has 0 amide bonds. The molecule has 0 bridgehead atoms. The van der Waals surface area contributed by atoms with Crippen LogP contribution in [0.15, 0.2) is 21.8 Å². The summed E-state index contributed by atoms with van der Waals surface area (Å²) in [5.41, 5.74) is 1.34. The molecule has 0 saturated heterocycles. The molecule has 0 heterocycles. The van der Waals surface area contributed by atoms with Gasteiger partial charge in [0.1, 0.15) is 0 Å². The number of hydrogen-bond acceptors (Lipinski definition) is 2. The van der Waals surface area contributed by atoms with Crippen molar-refractivity contribution < 1.29 is 8.85 Å². The first-order chi connectivity index (χ1) is 11.9. The molecule has 2 nitrogen and oxygen atoms in total. The topological polar surface area (TPSA) is 18.5 Å². The molecule has 0 rings (SSSR count). The summed E-state index contributed by atoms with van der Waals surface area (Å²) in [5.74, 6) is 0.781. The summed E-state index contributed by atoms with van der Waals surface area (Å²) >= 11 is 2.30. The Kier molecular flexibility index (Phi) is 12.5. The van der Waals surface area contributed by atoms with Crippen molar-refractivity contribution in [3.8, 4) is 0 Å². The molecule has 0 aliphatic heterocycles. The minimum Gasteiger partial charge on any atom is -0.414 e. The molecule has 0 fully saturated rings. The minimum absolute atomic E-state index is 0.160. The van der Waals surface area contributed by atoms with E-state index in [1.54, 1.807) is 0 Å². The fourth-order valence-electron chi connectivity index (χ4n) is 3.36. The minimum atomic E-state index is -1.61. The van der Waals surface area contributed by atoms with Crippen LogP contribution in [-0.4, -0.2) is 28.8 Å². The Labute approximate surface area is 179 Å². The molecule has 26 heavy (non-hydrogen) atoms. The Bertz CT molecular complexity index is 445. The molecule has 0 aliphatic rings. The number of rotatable bonds is 12. The van der Waals surface area contributed by atoms with E-state index in [0.29, 0.717) is 11.8 Å². The molecular formula is C21H43IO2Si2. The Morgan fingerprint density at radius 3 is 1.81 bits per heavy atom. The highest BCUT2D eigenvalue weighted by molar-refractivity contribution is 14.1. The van der Waals surface area contributed by atoms with Gasteiger partial charge in [0.2, 0.25) is 0 Å². The molecule has 0 spiro atoms. The molecule has 0 unspecified atom stereocenters. The number of halogens is 1. The molecule has 0 aromatic heterocycles. The maximum Gasteiger partial charge on any atom is 0.192 e. The fourth-order valence-corrected chi connectivity index (χ4v) is 8.18. The molecule has 0 saturated carbocycles. The van der Waals surface area contributed by atoms with Crippen LogP contribution >= 0.6 is 22.6 Å². The van der Waals surface area contributed by atoms with E-state index in [0.717, 1.165) is 0 Å². The van der Waals surface area contributed by atoms with E-state index in [1.807, 2.05) is 0 Å². The van der Waals surface area contributed by atoms with E-state index in [2.05, 4.69) is 107 Å². The maximum absolute atomic E-state index is 6.68. The van der Waals surface area contributed by atoms with E-state index >= 15 is 0 Å². The maximum atomic E-state index is 6.68. The highest BCUT2D eigenvalue weighted by Crippen LogP contribution is 2.28. The van der Waals surface area contributed by atoms with Gasteiger partial charge in [-0.15, -0.1) is 0 Å². The molecule has 0 radical (unpaired) electrons. The van der Waals surface area contributed by atoms with E-state index in [9.17, 15) is 0 Å². The molecule has 4 atom stereocenters. The van der Waals surface area contributed by atoms with Crippen LogP contribution in [0.2, 0.25) is 37.8 Å². The second-order valence-corrected chi connectivity index (χ2v) is 18.6. The van der Waals surface area contributed by atoms with Gasteiger partial charge in [-0.1, -0.05) is 69.4 Å². The second kappa shape index (κ2) is 12.2. The van der Waals surface area contributed by atoms with Crippen LogP contribution < -0.4 is 0 Å². The van der Waals surface area contributed by atoms with Crippen molar-refractivity contribution in [1.82, 2.24) is 0 Å². The van der Waals surface area contributed by atoms with Crippen molar-refractivity contribution >= 4 is 39.2 Å². The quantitative estimate of drug-likeness (QED) is 0.152. The average molecular weight is 511 g/mol. The zero-order valence-corrected chi connectivity index (χ0v) is 23.0. The van der Waals surface area contributed by atoms with Crippen LogP contribution in [0.5, 0.6) is 0 Å². The molecule has 0 aromatic rings. The largest absolute Gasteiger partial charge is 0.414 e. The lowest BCUT2D eigenvalue weighted by molar-refractivity contribution is 0.164. The van der Waals surface area contributed by atoms with Crippen LogP contribution in [0.4, 0.5) is 0 Å². The van der Waals surface area contributed by atoms with Crippen LogP contribution in [0.3, 0.4) is 0 Å². The van der Waals surface area contributed by atoms with Gasteiger partial charge < -0.3 is 8.85 Å². The van der Waals surface area contributed by atoms with Crippen LogP contribution in [0.25, 0.3) is 0 Å². The first kappa shape index (κ1) is 26.6. The van der Waals surface area contributed by atoms with Gasteiger partial charge in [0.25, 0.3) is 0 Å². The Balaban J connectivity index is 5.36. The van der Waals surface area contributed by atoms with Gasteiger partial charge in [0.15, 0.2) is 16.6 Å². The lowest BCUT2D eigenvalue weighted by Crippen LogP contribution is -2.41. The normalized spacial score (nSPS) is 18.8. The molecule has 154 valence electrons. The van der Waals surface area contributed by atoms with Gasteiger partial charge in [-0.3, -0.25) is 0 Å². The summed E-state index contributed by atoms with van der Waals surface area (Å²) in [7, 11) is -3.17. The molecule has 0 aliphatic carbocycles. The first-order valence-corrected chi connectivity index (χ1v) is 17.4.